The lowest BCUT2D eigenvalue weighted by Gasteiger charge is -2.04. The van der Waals surface area contributed by atoms with Crippen molar-refractivity contribution < 1.29 is 10.1 Å². The van der Waals surface area contributed by atoms with Gasteiger partial charge in [-0.2, -0.15) is 5.10 Å². The van der Waals surface area contributed by atoms with Crippen LogP contribution in [0.1, 0.15) is 30.3 Å². The van der Waals surface area contributed by atoms with E-state index in [2.05, 4.69) is 25.5 Å². The first-order valence-corrected chi connectivity index (χ1v) is 8.81. The summed E-state index contributed by atoms with van der Waals surface area (Å²) in [6, 6.07) is 11.1. The van der Waals surface area contributed by atoms with Crippen molar-refractivity contribution in [1.29, 1.82) is 0 Å². The molecule has 3 heterocycles. The summed E-state index contributed by atoms with van der Waals surface area (Å²) >= 11 is 6.32. The summed E-state index contributed by atoms with van der Waals surface area (Å²) in [5.74, 6) is 2.26. The Balaban J connectivity index is 1.91. The Morgan fingerprint density at radius 1 is 1.08 bits per heavy atom. The number of anilines is 1. The molecule has 1 fully saturated rings. The number of hydrogen-bond donors (Lipinski definition) is 2. The van der Waals surface area contributed by atoms with Crippen LogP contribution < -0.4 is 10.3 Å². The molecule has 0 atom stereocenters. The van der Waals surface area contributed by atoms with E-state index in [4.69, 9.17) is 11.6 Å². The van der Waals surface area contributed by atoms with Gasteiger partial charge >= 0.3 is 0 Å². The van der Waals surface area contributed by atoms with E-state index >= 15 is 0 Å². The molecule has 0 amide bonds. The third kappa shape index (κ3) is 2.50. The third-order valence-electron chi connectivity index (χ3n) is 4.64. The van der Waals surface area contributed by atoms with Crippen LogP contribution in [0.15, 0.2) is 42.6 Å². The normalized spacial score (nSPS) is 15.3. The van der Waals surface area contributed by atoms with Crippen LogP contribution in [-0.4, -0.2) is 20.3 Å². The number of hydrogen-bond acceptors (Lipinski definition) is 5. The van der Waals surface area contributed by atoms with Gasteiger partial charge in [0.1, 0.15) is 10.8 Å². The van der Waals surface area contributed by atoms with E-state index in [9.17, 15) is 5.11 Å². The maximum atomic E-state index is 10.7. The highest BCUT2D eigenvalue weighted by Gasteiger charge is 2.32. The summed E-state index contributed by atoms with van der Waals surface area (Å²) in [5, 5.41) is 24.3. The Hall–Kier alpha value is -2.99. The molecule has 0 unspecified atom stereocenters. The van der Waals surface area contributed by atoms with Crippen molar-refractivity contribution in [3.63, 3.8) is 0 Å². The Morgan fingerprint density at radius 2 is 1.88 bits per heavy atom. The lowest BCUT2D eigenvalue weighted by molar-refractivity contribution is -0.367. The van der Waals surface area contributed by atoms with Crippen molar-refractivity contribution >= 4 is 33.2 Å². The first kappa shape index (κ1) is 15.3. The average molecular weight is 365 g/mol. The molecule has 0 radical (unpaired) electrons. The zero-order valence-corrected chi connectivity index (χ0v) is 14.5. The molecule has 1 aromatic rings. The van der Waals surface area contributed by atoms with Crippen LogP contribution in [0.25, 0.3) is 27.2 Å². The van der Waals surface area contributed by atoms with E-state index in [-0.39, 0.29) is 5.75 Å². The number of aromatic hydroxyl groups is 1. The lowest BCUT2D eigenvalue weighted by Crippen LogP contribution is -2.19. The molecule has 7 heteroatoms. The van der Waals surface area contributed by atoms with Gasteiger partial charge in [-0.3, -0.25) is 5.32 Å². The second kappa shape index (κ2) is 5.78. The Bertz CT molecular complexity index is 1110. The van der Waals surface area contributed by atoms with E-state index in [1.54, 1.807) is 12.3 Å². The molecular weight excluding hydrogens is 350 g/mol. The van der Waals surface area contributed by atoms with Gasteiger partial charge in [0, 0.05) is 11.3 Å². The van der Waals surface area contributed by atoms with Crippen LogP contribution in [0.2, 0.25) is 0 Å². The summed E-state index contributed by atoms with van der Waals surface area (Å²) in [6.07, 6.45) is 3.88. The number of benzene rings is 1. The Kier molecular flexibility index (Phi) is 3.39. The fourth-order valence-corrected chi connectivity index (χ4v) is 3.30. The molecule has 3 aliphatic heterocycles. The molecule has 2 bridgehead atoms. The second-order valence-corrected chi connectivity index (χ2v) is 6.87. The monoisotopic (exact) mass is 364 g/mol. The zero-order chi connectivity index (χ0) is 17.7. The second-order valence-electron chi connectivity index (χ2n) is 6.46. The maximum absolute atomic E-state index is 10.7. The maximum Gasteiger partial charge on any atom is 0.284 e. The highest BCUT2D eigenvalue weighted by atomic mass is 35.5. The summed E-state index contributed by atoms with van der Waals surface area (Å²) < 4.78 is 0. The van der Waals surface area contributed by atoms with E-state index < -0.39 is 0 Å². The minimum Gasteiger partial charge on any atom is -0.507 e. The van der Waals surface area contributed by atoms with Crippen molar-refractivity contribution in [3.8, 4) is 17.1 Å². The fraction of sp³-hybridized carbons (Fsp3) is 0.158. The van der Waals surface area contributed by atoms with Crippen LogP contribution in [0.3, 0.4) is 0 Å². The van der Waals surface area contributed by atoms with Crippen LogP contribution in [0.5, 0.6) is 5.75 Å². The summed E-state index contributed by atoms with van der Waals surface area (Å²) in [5.41, 5.74) is 1.76. The molecule has 26 heavy (non-hydrogen) atoms. The van der Waals surface area contributed by atoms with Gasteiger partial charge in [-0.1, -0.05) is 34.8 Å². The van der Waals surface area contributed by atoms with Gasteiger partial charge in [0.05, 0.1) is 22.8 Å². The molecule has 0 aromatic heterocycles. The zero-order valence-electron chi connectivity index (χ0n) is 13.7. The number of halogens is 1. The van der Waals surface area contributed by atoms with Gasteiger partial charge in [0.25, 0.3) is 11.6 Å². The predicted octanol–water partition coefficient (Wildman–Crippen LogP) is 3.61. The molecule has 0 saturated heterocycles. The van der Waals surface area contributed by atoms with Gasteiger partial charge in [-0.25, -0.2) is 4.98 Å². The third-order valence-corrected chi connectivity index (χ3v) is 4.93. The number of H-pyrrole nitrogens is 1. The van der Waals surface area contributed by atoms with Crippen molar-refractivity contribution in [2.45, 2.75) is 18.8 Å². The number of aromatic amines is 1. The topological polar surface area (TPSA) is 85.1 Å². The van der Waals surface area contributed by atoms with Crippen molar-refractivity contribution in [3.05, 3.63) is 54.1 Å². The van der Waals surface area contributed by atoms with Gasteiger partial charge in [-0.15, -0.1) is 5.10 Å². The highest BCUT2D eigenvalue weighted by molar-refractivity contribution is 6.48. The lowest BCUT2D eigenvalue weighted by atomic mass is 10.1. The minimum absolute atomic E-state index is 0.162. The molecule has 5 rings (SSSR count). The van der Waals surface area contributed by atoms with Crippen molar-refractivity contribution in [1.82, 2.24) is 15.2 Å². The molecule has 4 aliphatic rings. The van der Waals surface area contributed by atoms with Crippen LogP contribution >= 0.6 is 11.6 Å². The first-order valence-electron chi connectivity index (χ1n) is 8.43. The van der Waals surface area contributed by atoms with Crippen molar-refractivity contribution in [2.24, 2.45) is 0 Å². The number of fused-ring (bicyclic) bond motifs is 5. The molecule has 3 N–H and O–H groups in total. The van der Waals surface area contributed by atoms with E-state index in [1.165, 1.54) is 0 Å². The summed E-state index contributed by atoms with van der Waals surface area (Å²) in [7, 11) is 0. The predicted molar refractivity (Wildman–Crippen MR) is 99.2 cm³/mol. The first-order chi connectivity index (χ1) is 12.7. The number of nitrogens with one attached hydrogen (secondary N) is 2. The molecule has 1 aliphatic carbocycles. The average Bonchev–Trinajstić information content (AvgIpc) is 3.43. The van der Waals surface area contributed by atoms with Gasteiger partial charge in [0.15, 0.2) is 0 Å². The van der Waals surface area contributed by atoms with E-state index in [1.807, 2.05) is 30.3 Å². The smallest absolute Gasteiger partial charge is 0.284 e. The summed E-state index contributed by atoms with van der Waals surface area (Å²) in [4.78, 5) is 7.81. The standard InChI is InChI=1S/C19H14ClN5O/c20-14-9-21-17-12-4-2-1-3-11(12)15(26)8-7-13-16(10-5-6-10)24-25-18(13)23-19(14)22-17/h1-4,7-10,26H,5-6H2,(H,21,22,23,25)/p+1. The molecule has 1 aromatic carbocycles. The fourth-order valence-electron chi connectivity index (χ4n) is 3.15. The number of aromatic nitrogens is 4. The SMILES string of the molecule is Oc1ccc2c(C3CC3)nnc-2nc2[nH+]c(c3ccccc13)NC=C2Cl. The van der Waals surface area contributed by atoms with E-state index in [0.29, 0.717) is 33.8 Å². The quantitative estimate of drug-likeness (QED) is 0.689. The largest absolute Gasteiger partial charge is 0.507 e. The molecule has 128 valence electrons. The Morgan fingerprint density at radius 3 is 2.69 bits per heavy atom. The van der Waals surface area contributed by atoms with Crippen LogP contribution in [0.4, 0.5) is 5.82 Å². The summed E-state index contributed by atoms with van der Waals surface area (Å²) in [6.45, 7) is 0. The number of rotatable bonds is 1. The van der Waals surface area contributed by atoms with Gasteiger partial charge in [-0.05, 0) is 31.0 Å². The van der Waals surface area contributed by atoms with Gasteiger partial charge < -0.3 is 5.11 Å². The Labute approximate surface area is 154 Å². The molecule has 6 nitrogen and oxygen atoms in total. The van der Waals surface area contributed by atoms with Gasteiger partial charge in [0.2, 0.25) is 5.82 Å². The molecular formula is C19H15ClN5O+. The number of nitrogens with zero attached hydrogens (tertiary/aromatic N) is 3. The highest BCUT2D eigenvalue weighted by Crippen LogP contribution is 2.43. The van der Waals surface area contributed by atoms with E-state index in [0.717, 1.165) is 29.5 Å². The van der Waals surface area contributed by atoms with Crippen LogP contribution in [-0.2, 0) is 0 Å². The minimum atomic E-state index is 0.162. The molecule has 1 saturated carbocycles. The van der Waals surface area contributed by atoms with Crippen LogP contribution in [0, 0.1) is 0 Å². The van der Waals surface area contributed by atoms with Crippen molar-refractivity contribution in [2.75, 3.05) is 5.32 Å². The molecule has 0 spiro atoms.